The Kier molecular flexibility index (Phi) is 4.19. The Hall–Kier alpha value is -0.780. The Bertz CT molecular complexity index is 256. The highest BCUT2D eigenvalue weighted by Crippen LogP contribution is 2.22. The Morgan fingerprint density at radius 1 is 0.929 bits per heavy atom. The lowest BCUT2D eigenvalue weighted by atomic mass is 9.94. The molecule has 0 nitrogen and oxygen atoms in total. The Morgan fingerprint density at radius 3 is 1.86 bits per heavy atom. The van der Waals surface area contributed by atoms with E-state index in [1.54, 1.807) is 0 Å². The highest BCUT2D eigenvalue weighted by Gasteiger charge is 2.04. The van der Waals surface area contributed by atoms with Crippen molar-refractivity contribution in [2.45, 2.75) is 52.4 Å². The third kappa shape index (κ3) is 2.87. The van der Waals surface area contributed by atoms with Crippen LogP contribution < -0.4 is 0 Å². The van der Waals surface area contributed by atoms with E-state index in [9.17, 15) is 0 Å². The molecule has 0 aliphatic carbocycles. The molecule has 0 fully saturated rings. The molecule has 1 aromatic carbocycles. The lowest BCUT2D eigenvalue weighted by Gasteiger charge is -2.12. The van der Waals surface area contributed by atoms with E-state index in [-0.39, 0.29) is 0 Å². The molecule has 0 aliphatic heterocycles. The SMILES string of the molecule is CCCC(C)c1ccc(C(C)C)cc1. The van der Waals surface area contributed by atoms with Crippen molar-refractivity contribution in [1.82, 2.24) is 0 Å². The van der Waals surface area contributed by atoms with Gasteiger partial charge < -0.3 is 0 Å². The lowest BCUT2D eigenvalue weighted by molar-refractivity contribution is 0.664. The van der Waals surface area contributed by atoms with E-state index < -0.39 is 0 Å². The van der Waals surface area contributed by atoms with Crippen LogP contribution in [-0.2, 0) is 0 Å². The van der Waals surface area contributed by atoms with Crippen molar-refractivity contribution in [3.8, 4) is 0 Å². The fourth-order valence-corrected chi connectivity index (χ4v) is 1.81. The van der Waals surface area contributed by atoms with Crippen LogP contribution in [0.3, 0.4) is 0 Å². The van der Waals surface area contributed by atoms with Gasteiger partial charge in [0.2, 0.25) is 0 Å². The summed E-state index contributed by atoms with van der Waals surface area (Å²) in [5.74, 6) is 1.35. The molecule has 1 unspecified atom stereocenters. The molecule has 0 heterocycles. The van der Waals surface area contributed by atoms with Crippen LogP contribution >= 0.6 is 0 Å². The van der Waals surface area contributed by atoms with Gasteiger partial charge in [-0.15, -0.1) is 0 Å². The van der Waals surface area contributed by atoms with Crippen molar-refractivity contribution in [2.24, 2.45) is 0 Å². The highest BCUT2D eigenvalue weighted by atomic mass is 14.1. The summed E-state index contributed by atoms with van der Waals surface area (Å²) < 4.78 is 0. The van der Waals surface area contributed by atoms with Gasteiger partial charge in [-0.2, -0.15) is 0 Å². The summed E-state index contributed by atoms with van der Waals surface area (Å²) in [4.78, 5) is 0. The summed E-state index contributed by atoms with van der Waals surface area (Å²) in [7, 11) is 0. The third-order valence-electron chi connectivity index (χ3n) is 2.89. The Balaban J connectivity index is 2.72. The molecule has 0 spiro atoms. The fraction of sp³-hybridized carbons (Fsp3) is 0.571. The first kappa shape index (κ1) is 11.3. The van der Waals surface area contributed by atoms with Gasteiger partial charge in [0.25, 0.3) is 0 Å². The Labute approximate surface area is 88.4 Å². The molecule has 1 rings (SSSR count). The minimum atomic E-state index is 0.644. The van der Waals surface area contributed by atoms with Crippen LogP contribution in [-0.4, -0.2) is 0 Å². The molecule has 0 N–H and O–H groups in total. The van der Waals surface area contributed by atoms with Crippen LogP contribution in [0.5, 0.6) is 0 Å². The van der Waals surface area contributed by atoms with Gasteiger partial charge in [-0.3, -0.25) is 0 Å². The van der Waals surface area contributed by atoms with E-state index in [2.05, 4.69) is 52.0 Å². The van der Waals surface area contributed by atoms with Crippen molar-refractivity contribution in [3.63, 3.8) is 0 Å². The van der Waals surface area contributed by atoms with Gasteiger partial charge in [-0.1, -0.05) is 58.4 Å². The van der Waals surface area contributed by atoms with Gasteiger partial charge in [-0.25, -0.2) is 0 Å². The van der Waals surface area contributed by atoms with Crippen LogP contribution in [0.15, 0.2) is 24.3 Å². The second-order valence-electron chi connectivity index (χ2n) is 4.51. The molecule has 0 amide bonds. The van der Waals surface area contributed by atoms with Crippen molar-refractivity contribution in [3.05, 3.63) is 35.4 Å². The van der Waals surface area contributed by atoms with E-state index in [1.807, 2.05) is 0 Å². The molecule has 0 radical (unpaired) electrons. The first-order valence-electron chi connectivity index (χ1n) is 5.75. The van der Waals surface area contributed by atoms with Crippen LogP contribution in [0.4, 0.5) is 0 Å². The average Bonchev–Trinajstić information content (AvgIpc) is 2.18. The van der Waals surface area contributed by atoms with Crippen molar-refractivity contribution < 1.29 is 0 Å². The molecule has 14 heavy (non-hydrogen) atoms. The number of hydrogen-bond acceptors (Lipinski definition) is 0. The smallest absolute Gasteiger partial charge is 0.0190 e. The van der Waals surface area contributed by atoms with Crippen LogP contribution in [0.2, 0.25) is 0 Å². The number of benzene rings is 1. The maximum absolute atomic E-state index is 2.31. The van der Waals surface area contributed by atoms with Gasteiger partial charge in [0, 0.05) is 0 Å². The van der Waals surface area contributed by atoms with Crippen LogP contribution in [0.1, 0.15) is 63.5 Å². The van der Waals surface area contributed by atoms with E-state index in [0.717, 1.165) is 0 Å². The molecule has 1 aromatic rings. The van der Waals surface area contributed by atoms with Crippen LogP contribution in [0, 0.1) is 0 Å². The van der Waals surface area contributed by atoms with Gasteiger partial charge in [0.05, 0.1) is 0 Å². The van der Waals surface area contributed by atoms with Gasteiger partial charge in [0.15, 0.2) is 0 Å². The standard InChI is InChI=1S/C14H22/c1-5-6-12(4)14-9-7-13(8-10-14)11(2)3/h7-12H,5-6H2,1-4H3. The predicted molar refractivity (Wildman–Crippen MR) is 63.9 cm³/mol. The predicted octanol–water partition coefficient (Wildman–Crippen LogP) is 4.71. The molecular formula is C14H22. The van der Waals surface area contributed by atoms with Gasteiger partial charge in [-0.05, 0) is 29.4 Å². The molecule has 0 heteroatoms. The van der Waals surface area contributed by atoms with Gasteiger partial charge >= 0.3 is 0 Å². The Morgan fingerprint density at radius 2 is 1.43 bits per heavy atom. The zero-order chi connectivity index (χ0) is 10.6. The minimum absolute atomic E-state index is 0.644. The van der Waals surface area contributed by atoms with Gasteiger partial charge in [0.1, 0.15) is 0 Å². The van der Waals surface area contributed by atoms with E-state index in [4.69, 9.17) is 0 Å². The quantitative estimate of drug-likeness (QED) is 0.644. The first-order chi connectivity index (χ1) is 6.65. The summed E-state index contributed by atoms with van der Waals surface area (Å²) in [5, 5.41) is 0. The maximum atomic E-state index is 2.31. The fourth-order valence-electron chi connectivity index (χ4n) is 1.81. The zero-order valence-corrected chi connectivity index (χ0v) is 9.88. The summed E-state index contributed by atoms with van der Waals surface area (Å²) in [6.45, 7) is 9.04. The maximum Gasteiger partial charge on any atom is -0.0190 e. The third-order valence-corrected chi connectivity index (χ3v) is 2.89. The lowest BCUT2D eigenvalue weighted by Crippen LogP contribution is -1.94. The van der Waals surface area contributed by atoms with E-state index in [0.29, 0.717) is 11.8 Å². The molecule has 0 saturated carbocycles. The number of rotatable bonds is 4. The second-order valence-corrected chi connectivity index (χ2v) is 4.51. The first-order valence-corrected chi connectivity index (χ1v) is 5.75. The molecule has 0 aliphatic rings. The minimum Gasteiger partial charge on any atom is -0.0654 e. The summed E-state index contributed by atoms with van der Waals surface area (Å²) in [5.41, 5.74) is 2.92. The molecule has 1 atom stereocenters. The highest BCUT2D eigenvalue weighted by molar-refractivity contribution is 5.26. The topological polar surface area (TPSA) is 0 Å². The van der Waals surface area contributed by atoms with Crippen molar-refractivity contribution in [2.75, 3.05) is 0 Å². The molecule has 0 bridgehead atoms. The normalized spacial score (nSPS) is 13.2. The summed E-state index contributed by atoms with van der Waals surface area (Å²) in [6.07, 6.45) is 2.56. The molecule has 0 saturated heterocycles. The molecular weight excluding hydrogens is 168 g/mol. The molecule has 78 valence electrons. The molecule has 0 aromatic heterocycles. The second kappa shape index (κ2) is 5.19. The monoisotopic (exact) mass is 190 g/mol. The summed E-state index contributed by atoms with van der Waals surface area (Å²) in [6, 6.07) is 9.11. The van der Waals surface area contributed by atoms with Crippen molar-refractivity contribution >= 4 is 0 Å². The van der Waals surface area contributed by atoms with E-state index >= 15 is 0 Å². The zero-order valence-electron chi connectivity index (χ0n) is 9.88. The van der Waals surface area contributed by atoms with Crippen molar-refractivity contribution in [1.29, 1.82) is 0 Å². The largest absolute Gasteiger partial charge is 0.0654 e. The van der Waals surface area contributed by atoms with E-state index in [1.165, 1.54) is 24.0 Å². The average molecular weight is 190 g/mol. The summed E-state index contributed by atoms with van der Waals surface area (Å²) >= 11 is 0. The van der Waals surface area contributed by atoms with Crippen LogP contribution in [0.25, 0.3) is 0 Å². The number of hydrogen-bond donors (Lipinski definition) is 0.